The number of rotatable bonds is 10. The second kappa shape index (κ2) is 9.18. The van der Waals surface area contributed by atoms with Crippen LogP contribution in [0.5, 0.6) is 11.5 Å². The number of aromatic nitrogens is 3. The Morgan fingerprint density at radius 2 is 1.61 bits per heavy atom. The molecule has 126 valence electrons. The van der Waals surface area contributed by atoms with Crippen LogP contribution in [0.1, 0.15) is 45.4 Å². The monoisotopic (exact) mass is 317 g/mol. The zero-order valence-electron chi connectivity index (χ0n) is 14.4. The molecule has 1 aromatic heterocycles. The van der Waals surface area contributed by atoms with Gasteiger partial charge in [0.2, 0.25) is 0 Å². The number of hydrogen-bond donors (Lipinski definition) is 0. The van der Waals surface area contributed by atoms with Crippen LogP contribution in [0.2, 0.25) is 0 Å². The summed E-state index contributed by atoms with van der Waals surface area (Å²) < 4.78 is 12.8. The fraction of sp³-hybridized carbons (Fsp3) is 0.556. The molecule has 5 heteroatoms. The van der Waals surface area contributed by atoms with Gasteiger partial charge in [0.25, 0.3) is 0 Å². The van der Waals surface area contributed by atoms with E-state index in [1.807, 2.05) is 29.1 Å². The van der Waals surface area contributed by atoms with E-state index in [0.717, 1.165) is 35.7 Å². The quantitative estimate of drug-likeness (QED) is 0.612. The molecule has 23 heavy (non-hydrogen) atoms. The average Bonchev–Trinajstić information content (AvgIpc) is 3.05. The van der Waals surface area contributed by atoms with Crippen molar-refractivity contribution in [3.63, 3.8) is 0 Å². The fourth-order valence-corrected chi connectivity index (χ4v) is 2.68. The van der Waals surface area contributed by atoms with Gasteiger partial charge in [-0.15, -0.1) is 5.10 Å². The summed E-state index contributed by atoms with van der Waals surface area (Å²) in [5.41, 5.74) is 1.64. The van der Waals surface area contributed by atoms with E-state index in [1.165, 1.54) is 32.1 Å². The largest absolute Gasteiger partial charge is 0.496 e. The van der Waals surface area contributed by atoms with Crippen LogP contribution >= 0.6 is 0 Å². The van der Waals surface area contributed by atoms with Gasteiger partial charge in [0.1, 0.15) is 17.2 Å². The molecule has 1 heterocycles. The van der Waals surface area contributed by atoms with E-state index in [4.69, 9.17) is 9.47 Å². The molecule has 0 N–H and O–H groups in total. The molecule has 5 nitrogen and oxygen atoms in total. The third kappa shape index (κ3) is 4.71. The van der Waals surface area contributed by atoms with Crippen molar-refractivity contribution < 1.29 is 9.47 Å². The van der Waals surface area contributed by atoms with Crippen molar-refractivity contribution in [2.75, 3.05) is 14.2 Å². The molecule has 0 saturated carbocycles. The number of methoxy groups -OCH3 is 2. The minimum Gasteiger partial charge on any atom is -0.496 e. The van der Waals surface area contributed by atoms with Crippen LogP contribution in [0.15, 0.2) is 24.4 Å². The SMILES string of the molecule is CCCCCCCCn1cc(-c2c(OC)cccc2OC)nn1. The number of aryl methyl sites for hydroxylation is 1. The molecule has 2 rings (SSSR count). The summed E-state index contributed by atoms with van der Waals surface area (Å²) in [4.78, 5) is 0. The minimum absolute atomic E-state index is 0.746. The normalized spacial score (nSPS) is 10.7. The van der Waals surface area contributed by atoms with Crippen molar-refractivity contribution in [2.24, 2.45) is 0 Å². The molecule has 0 radical (unpaired) electrons. The number of unbranched alkanes of at least 4 members (excludes halogenated alkanes) is 5. The molecule has 1 aromatic carbocycles. The van der Waals surface area contributed by atoms with Crippen LogP contribution < -0.4 is 9.47 Å². The molecule has 0 saturated heterocycles. The van der Waals surface area contributed by atoms with E-state index >= 15 is 0 Å². The van der Waals surface area contributed by atoms with Crippen molar-refractivity contribution in [3.8, 4) is 22.8 Å². The zero-order valence-corrected chi connectivity index (χ0v) is 14.4. The van der Waals surface area contributed by atoms with Gasteiger partial charge in [0.05, 0.1) is 26.0 Å². The van der Waals surface area contributed by atoms with Crippen LogP contribution in [0.4, 0.5) is 0 Å². The molecule has 0 unspecified atom stereocenters. The zero-order chi connectivity index (χ0) is 16.5. The predicted molar refractivity (Wildman–Crippen MR) is 91.9 cm³/mol. The number of benzene rings is 1. The van der Waals surface area contributed by atoms with Crippen molar-refractivity contribution in [1.29, 1.82) is 0 Å². The number of nitrogens with zero attached hydrogens (tertiary/aromatic N) is 3. The summed E-state index contributed by atoms with van der Waals surface area (Å²) in [5, 5.41) is 8.52. The lowest BCUT2D eigenvalue weighted by atomic mass is 10.1. The first-order valence-corrected chi connectivity index (χ1v) is 8.41. The van der Waals surface area contributed by atoms with Crippen molar-refractivity contribution in [3.05, 3.63) is 24.4 Å². The van der Waals surface area contributed by atoms with Crippen LogP contribution in [-0.2, 0) is 6.54 Å². The summed E-state index contributed by atoms with van der Waals surface area (Å²) in [7, 11) is 3.30. The Bertz CT molecular complexity index is 573. The highest BCUT2D eigenvalue weighted by Crippen LogP contribution is 2.36. The lowest BCUT2D eigenvalue weighted by Gasteiger charge is -2.10. The summed E-state index contributed by atoms with van der Waals surface area (Å²) in [6.07, 6.45) is 9.59. The van der Waals surface area contributed by atoms with E-state index in [2.05, 4.69) is 17.2 Å². The first kappa shape index (κ1) is 17.3. The van der Waals surface area contributed by atoms with Crippen LogP contribution in [0.25, 0.3) is 11.3 Å². The van der Waals surface area contributed by atoms with Crippen molar-refractivity contribution in [2.45, 2.75) is 52.0 Å². The Kier molecular flexibility index (Phi) is 6.91. The summed E-state index contributed by atoms with van der Waals surface area (Å²) in [6.45, 7) is 3.14. The second-order valence-electron chi connectivity index (χ2n) is 5.67. The van der Waals surface area contributed by atoms with Gasteiger partial charge in [-0.2, -0.15) is 0 Å². The van der Waals surface area contributed by atoms with Crippen molar-refractivity contribution >= 4 is 0 Å². The van der Waals surface area contributed by atoms with Crippen LogP contribution in [-0.4, -0.2) is 29.2 Å². The van der Waals surface area contributed by atoms with Gasteiger partial charge in [0.15, 0.2) is 0 Å². The molecule has 0 fully saturated rings. The maximum Gasteiger partial charge on any atom is 0.132 e. The first-order valence-electron chi connectivity index (χ1n) is 8.41. The Balaban J connectivity index is 1.99. The third-order valence-electron chi connectivity index (χ3n) is 3.96. The standard InChI is InChI=1S/C18H27N3O2/c1-4-5-6-7-8-9-13-21-14-15(19-20-21)18-16(22-2)11-10-12-17(18)23-3/h10-12,14H,4-9,13H2,1-3H3. The molecule has 0 aliphatic heterocycles. The van der Waals surface area contributed by atoms with Gasteiger partial charge in [-0.3, -0.25) is 4.68 Å². The van der Waals surface area contributed by atoms with Gasteiger partial charge >= 0.3 is 0 Å². The first-order chi connectivity index (χ1) is 11.3. The van der Waals surface area contributed by atoms with E-state index in [9.17, 15) is 0 Å². The summed E-state index contributed by atoms with van der Waals surface area (Å²) in [5.74, 6) is 1.49. The van der Waals surface area contributed by atoms with Crippen LogP contribution in [0.3, 0.4) is 0 Å². The maximum atomic E-state index is 5.43. The molecule has 0 bridgehead atoms. The Labute approximate surface area is 138 Å². The van der Waals surface area contributed by atoms with E-state index < -0.39 is 0 Å². The molecule has 0 atom stereocenters. The van der Waals surface area contributed by atoms with Gasteiger partial charge in [-0.25, -0.2) is 0 Å². The van der Waals surface area contributed by atoms with E-state index in [-0.39, 0.29) is 0 Å². The third-order valence-corrected chi connectivity index (χ3v) is 3.96. The lowest BCUT2D eigenvalue weighted by Crippen LogP contribution is -1.98. The molecule has 0 amide bonds. The number of hydrogen-bond acceptors (Lipinski definition) is 4. The van der Waals surface area contributed by atoms with Gasteiger partial charge in [0, 0.05) is 6.54 Å². The highest BCUT2D eigenvalue weighted by atomic mass is 16.5. The molecule has 0 spiro atoms. The fourth-order valence-electron chi connectivity index (χ4n) is 2.68. The lowest BCUT2D eigenvalue weighted by molar-refractivity contribution is 0.397. The maximum absolute atomic E-state index is 5.43. The highest BCUT2D eigenvalue weighted by Gasteiger charge is 2.15. The average molecular weight is 317 g/mol. The number of ether oxygens (including phenoxy) is 2. The predicted octanol–water partition coefficient (Wildman–Crippen LogP) is 4.32. The molecular weight excluding hydrogens is 290 g/mol. The Morgan fingerprint density at radius 3 is 2.26 bits per heavy atom. The topological polar surface area (TPSA) is 49.2 Å². The Morgan fingerprint density at radius 1 is 0.957 bits per heavy atom. The summed E-state index contributed by atoms with van der Waals surface area (Å²) >= 11 is 0. The molecule has 0 aliphatic rings. The van der Waals surface area contributed by atoms with Gasteiger partial charge < -0.3 is 9.47 Å². The van der Waals surface area contributed by atoms with E-state index in [1.54, 1.807) is 14.2 Å². The molecule has 0 aliphatic carbocycles. The molecular formula is C18H27N3O2. The van der Waals surface area contributed by atoms with Crippen molar-refractivity contribution in [1.82, 2.24) is 15.0 Å². The smallest absolute Gasteiger partial charge is 0.132 e. The van der Waals surface area contributed by atoms with Gasteiger partial charge in [-0.1, -0.05) is 50.3 Å². The second-order valence-corrected chi connectivity index (χ2v) is 5.67. The molecule has 2 aromatic rings. The Hall–Kier alpha value is -2.04. The van der Waals surface area contributed by atoms with E-state index in [0.29, 0.717) is 0 Å². The summed E-state index contributed by atoms with van der Waals surface area (Å²) in [6, 6.07) is 5.72. The highest BCUT2D eigenvalue weighted by molar-refractivity contribution is 5.73. The van der Waals surface area contributed by atoms with Crippen LogP contribution in [0, 0.1) is 0 Å². The van der Waals surface area contributed by atoms with Gasteiger partial charge in [-0.05, 0) is 18.6 Å². The minimum atomic E-state index is 0.746.